The zero-order valence-electron chi connectivity index (χ0n) is 11.3. The van der Waals surface area contributed by atoms with Crippen LogP contribution in [0, 0.1) is 6.92 Å². The quantitative estimate of drug-likeness (QED) is 0.587. The van der Waals surface area contributed by atoms with Crippen LogP contribution in [0.1, 0.15) is 11.8 Å². The van der Waals surface area contributed by atoms with Crippen LogP contribution in [-0.2, 0) is 11.3 Å². The number of aryl methyl sites for hydroxylation is 1. The molecule has 1 aliphatic rings. The largest absolute Gasteiger partial charge is 0.394 e. The van der Waals surface area contributed by atoms with Crippen LogP contribution in [0.15, 0.2) is 15.8 Å². The van der Waals surface area contributed by atoms with Crippen LogP contribution in [0.3, 0.4) is 0 Å². The van der Waals surface area contributed by atoms with Crippen LogP contribution in [0.4, 0.5) is 4.39 Å². The first kappa shape index (κ1) is 15.8. The molecule has 3 N–H and O–H groups in total. The number of aromatic nitrogens is 2. The average Bonchev–Trinajstić information content (AvgIpc) is 2.75. The lowest BCUT2D eigenvalue weighted by molar-refractivity contribution is -0.0557. The lowest BCUT2D eigenvalue weighted by atomic mass is 10.1. The van der Waals surface area contributed by atoms with Crippen LogP contribution in [0.2, 0.25) is 0 Å². The van der Waals surface area contributed by atoms with Gasteiger partial charge in [0.1, 0.15) is 25.0 Å². The van der Waals surface area contributed by atoms with E-state index < -0.39 is 55.6 Å². The molecule has 0 amide bonds. The second-order valence-corrected chi connectivity index (χ2v) is 4.88. The van der Waals surface area contributed by atoms with Crippen molar-refractivity contribution >= 4 is 0 Å². The van der Waals surface area contributed by atoms with Crippen molar-refractivity contribution in [3.63, 3.8) is 0 Å². The van der Waals surface area contributed by atoms with Gasteiger partial charge in [-0.05, 0) is 6.92 Å². The first-order valence-electron chi connectivity index (χ1n) is 6.43. The van der Waals surface area contributed by atoms with Gasteiger partial charge in [0.05, 0.1) is 13.2 Å². The number of rotatable bonds is 4. The van der Waals surface area contributed by atoms with Gasteiger partial charge in [-0.1, -0.05) is 0 Å². The van der Waals surface area contributed by atoms with Gasteiger partial charge in [0, 0.05) is 11.8 Å². The molecule has 9 heteroatoms. The van der Waals surface area contributed by atoms with Crippen LogP contribution < -0.4 is 11.2 Å². The fourth-order valence-electron chi connectivity index (χ4n) is 2.33. The average molecular weight is 303 g/mol. The molecule has 1 aliphatic heterocycles. The molecule has 0 aliphatic carbocycles. The smallest absolute Gasteiger partial charge is 0.333 e. The SMILES string of the molecule is Cc1cn([C@@H]2O[C@H](CO)[C@@H](O)[C@@H]2O)c(=O)n(CC[18F])c1=O. The Balaban J connectivity index is 2.50. The summed E-state index contributed by atoms with van der Waals surface area (Å²) in [7, 11) is 0. The van der Waals surface area contributed by atoms with Crippen molar-refractivity contribution in [2.75, 3.05) is 13.3 Å². The molecule has 1 aromatic rings. The van der Waals surface area contributed by atoms with Crippen molar-refractivity contribution in [3.8, 4) is 0 Å². The van der Waals surface area contributed by atoms with E-state index in [1.54, 1.807) is 0 Å². The maximum absolute atomic E-state index is 12.5. The van der Waals surface area contributed by atoms with Gasteiger partial charge in [0.2, 0.25) is 0 Å². The second-order valence-electron chi connectivity index (χ2n) is 4.88. The molecule has 1 fully saturated rings. The summed E-state index contributed by atoms with van der Waals surface area (Å²) in [5.74, 6) is 0. The number of aliphatic hydroxyl groups excluding tert-OH is 3. The Morgan fingerprint density at radius 2 is 2.00 bits per heavy atom. The van der Waals surface area contributed by atoms with E-state index in [0.29, 0.717) is 4.57 Å². The Labute approximate surface area is 118 Å². The van der Waals surface area contributed by atoms with E-state index in [1.807, 2.05) is 0 Å². The molecule has 2 rings (SSSR count). The Morgan fingerprint density at radius 3 is 2.52 bits per heavy atom. The standard InChI is InChI=1S/C12H17FN2O6/c1-6-4-15(12(20)14(3-2-13)10(6)19)11-9(18)8(17)7(5-16)21-11/h4,7-9,11,16-18H,2-3,5H2,1H3/t7-,8-,9+,11-/m1/s1/i13-1. The molecule has 0 radical (unpaired) electrons. The summed E-state index contributed by atoms with van der Waals surface area (Å²) in [5, 5.41) is 28.6. The number of alkyl halides is 1. The van der Waals surface area contributed by atoms with E-state index in [9.17, 15) is 24.2 Å². The summed E-state index contributed by atoms with van der Waals surface area (Å²) in [6.07, 6.45) is -3.93. The molecule has 8 nitrogen and oxygen atoms in total. The normalized spacial score (nSPS) is 29.0. The summed E-state index contributed by atoms with van der Waals surface area (Å²) in [4.78, 5) is 24.0. The van der Waals surface area contributed by atoms with E-state index >= 15 is 0 Å². The number of hydrogen-bond donors (Lipinski definition) is 3. The van der Waals surface area contributed by atoms with Gasteiger partial charge in [-0.25, -0.2) is 9.18 Å². The summed E-state index contributed by atoms with van der Waals surface area (Å²) in [6, 6.07) is 0. The van der Waals surface area contributed by atoms with E-state index in [-0.39, 0.29) is 5.56 Å². The van der Waals surface area contributed by atoms with Crippen LogP contribution in [-0.4, -0.2) is 56.0 Å². The van der Waals surface area contributed by atoms with Gasteiger partial charge in [-0.3, -0.25) is 13.9 Å². The minimum absolute atomic E-state index is 0.167. The van der Waals surface area contributed by atoms with Gasteiger partial charge >= 0.3 is 5.69 Å². The van der Waals surface area contributed by atoms with E-state index in [4.69, 9.17) is 9.84 Å². The first-order valence-corrected chi connectivity index (χ1v) is 6.43. The third kappa shape index (κ3) is 2.64. The Hall–Kier alpha value is -1.55. The number of aliphatic hydroxyl groups is 3. The molecule has 0 bridgehead atoms. The van der Waals surface area contributed by atoms with Crippen LogP contribution in [0.5, 0.6) is 0 Å². The molecule has 0 saturated carbocycles. The Kier molecular flexibility index (Phi) is 4.57. The molecule has 1 aromatic heterocycles. The number of ether oxygens (including phenoxy) is 1. The maximum Gasteiger partial charge on any atom is 0.333 e. The second kappa shape index (κ2) is 6.06. The third-order valence-corrected chi connectivity index (χ3v) is 3.47. The van der Waals surface area contributed by atoms with E-state index in [0.717, 1.165) is 4.57 Å². The molecule has 2 heterocycles. The predicted octanol–water partition coefficient (Wildman–Crippen LogP) is -2.10. The molecule has 0 unspecified atom stereocenters. The van der Waals surface area contributed by atoms with Gasteiger partial charge in [0.15, 0.2) is 6.23 Å². The van der Waals surface area contributed by atoms with Crippen molar-refractivity contribution in [2.45, 2.75) is 38.0 Å². The molecular formula is C12H17FN2O6. The van der Waals surface area contributed by atoms with Gasteiger partial charge in [0.25, 0.3) is 5.56 Å². The minimum atomic E-state index is -1.45. The number of nitrogens with zero attached hydrogens (tertiary/aromatic N) is 2. The lowest BCUT2D eigenvalue weighted by Crippen LogP contribution is -2.44. The highest BCUT2D eigenvalue weighted by atomic mass is 18.2. The Morgan fingerprint density at radius 1 is 1.33 bits per heavy atom. The van der Waals surface area contributed by atoms with Crippen LogP contribution in [0.25, 0.3) is 0 Å². The van der Waals surface area contributed by atoms with Crippen molar-refractivity contribution in [3.05, 3.63) is 32.6 Å². The van der Waals surface area contributed by atoms with Gasteiger partial charge < -0.3 is 20.1 Å². The number of hydrogen-bond acceptors (Lipinski definition) is 6. The Bertz CT molecular complexity index is 627. The molecule has 1 saturated heterocycles. The monoisotopic (exact) mass is 303 g/mol. The predicted molar refractivity (Wildman–Crippen MR) is 68.7 cm³/mol. The topological polar surface area (TPSA) is 114 Å². The van der Waals surface area contributed by atoms with Gasteiger partial charge in [-0.2, -0.15) is 0 Å². The highest BCUT2D eigenvalue weighted by molar-refractivity contribution is 5.05. The maximum atomic E-state index is 12.5. The molecule has 4 atom stereocenters. The van der Waals surface area contributed by atoms with Crippen molar-refractivity contribution in [1.29, 1.82) is 0 Å². The van der Waals surface area contributed by atoms with Crippen molar-refractivity contribution < 1.29 is 24.4 Å². The fourth-order valence-corrected chi connectivity index (χ4v) is 2.33. The van der Waals surface area contributed by atoms with E-state index in [1.165, 1.54) is 13.1 Å². The van der Waals surface area contributed by atoms with Crippen molar-refractivity contribution in [2.24, 2.45) is 0 Å². The summed E-state index contributed by atoms with van der Waals surface area (Å²) in [6.45, 7) is -0.399. The highest BCUT2D eigenvalue weighted by Crippen LogP contribution is 2.27. The summed E-state index contributed by atoms with van der Waals surface area (Å²) >= 11 is 0. The molecule has 0 aromatic carbocycles. The number of halogens is 1. The third-order valence-electron chi connectivity index (χ3n) is 3.47. The fraction of sp³-hybridized carbons (Fsp3) is 0.667. The molecule has 21 heavy (non-hydrogen) atoms. The summed E-state index contributed by atoms with van der Waals surface area (Å²) < 4.78 is 19.3. The first-order chi connectivity index (χ1) is 9.92. The molecular weight excluding hydrogens is 286 g/mol. The molecule has 118 valence electrons. The van der Waals surface area contributed by atoms with Crippen LogP contribution >= 0.6 is 0 Å². The van der Waals surface area contributed by atoms with E-state index in [2.05, 4.69) is 0 Å². The zero-order chi connectivity index (χ0) is 15.7. The lowest BCUT2D eigenvalue weighted by Gasteiger charge is -2.19. The van der Waals surface area contributed by atoms with Gasteiger partial charge in [-0.15, -0.1) is 0 Å². The highest BCUT2D eigenvalue weighted by Gasteiger charge is 2.44. The molecule has 0 spiro atoms. The minimum Gasteiger partial charge on any atom is -0.394 e. The van der Waals surface area contributed by atoms with Crippen molar-refractivity contribution in [1.82, 2.24) is 9.13 Å². The summed E-state index contributed by atoms with van der Waals surface area (Å²) in [5.41, 5.74) is -1.31. The zero-order valence-corrected chi connectivity index (χ0v) is 11.3.